The van der Waals surface area contributed by atoms with Crippen LogP contribution >= 0.6 is 11.5 Å². The molecule has 0 unspecified atom stereocenters. The zero-order valence-electron chi connectivity index (χ0n) is 17.8. The number of hydrogen-bond donors (Lipinski definition) is 0. The number of pyridine rings is 1. The second kappa shape index (κ2) is 8.61. The van der Waals surface area contributed by atoms with E-state index in [0.717, 1.165) is 43.1 Å². The molecule has 0 aliphatic carbocycles. The highest BCUT2D eigenvalue weighted by atomic mass is 32.2. The molecule has 3 heterocycles. The largest absolute Gasteiger partial charge is 0.353 e. The van der Waals surface area contributed by atoms with Crippen molar-refractivity contribution in [2.75, 3.05) is 31.1 Å². The number of sulfone groups is 1. The first-order valence-electron chi connectivity index (χ1n) is 10.6. The zero-order valence-corrected chi connectivity index (χ0v) is 19.4. The number of piperazine rings is 1. The third-order valence-corrected chi connectivity index (χ3v) is 8.45. The van der Waals surface area contributed by atoms with E-state index < -0.39 is 9.84 Å². The van der Waals surface area contributed by atoms with Crippen molar-refractivity contribution in [1.29, 1.82) is 0 Å². The summed E-state index contributed by atoms with van der Waals surface area (Å²) in [6.07, 6.45) is 1.55. The molecule has 1 aliphatic rings. The predicted molar refractivity (Wildman–Crippen MR) is 128 cm³/mol. The van der Waals surface area contributed by atoms with Gasteiger partial charge in [-0.1, -0.05) is 35.9 Å². The van der Waals surface area contributed by atoms with E-state index in [1.165, 1.54) is 21.6 Å². The Balaban J connectivity index is 1.32. The number of anilines is 1. The summed E-state index contributed by atoms with van der Waals surface area (Å²) in [6.45, 7) is 5.88. The highest BCUT2D eigenvalue weighted by molar-refractivity contribution is 7.91. The first kappa shape index (κ1) is 21.1. The van der Waals surface area contributed by atoms with Crippen LogP contribution in [0.25, 0.3) is 10.1 Å². The van der Waals surface area contributed by atoms with Gasteiger partial charge in [-0.3, -0.25) is 4.90 Å². The zero-order chi connectivity index (χ0) is 22.1. The van der Waals surface area contributed by atoms with E-state index in [1.807, 2.05) is 31.2 Å². The van der Waals surface area contributed by atoms with Gasteiger partial charge >= 0.3 is 0 Å². The maximum atomic E-state index is 13.2. The summed E-state index contributed by atoms with van der Waals surface area (Å²) in [4.78, 5) is 9.16. The SMILES string of the molecule is Cc1ccc(S(=O)(=O)c2ncccc2CN2CCN(c3nsc4ccccc34)CC2)cc1. The number of benzene rings is 2. The summed E-state index contributed by atoms with van der Waals surface area (Å²) < 4.78 is 32.4. The van der Waals surface area contributed by atoms with Crippen LogP contribution in [0.3, 0.4) is 0 Å². The Morgan fingerprint density at radius 3 is 2.47 bits per heavy atom. The van der Waals surface area contributed by atoms with Crippen molar-refractivity contribution in [2.24, 2.45) is 0 Å². The van der Waals surface area contributed by atoms with Gasteiger partial charge in [-0.2, -0.15) is 4.37 Å². The van der Waals surface area contributed by atoms with Crippen LogP contribution in [0.15, 0.2) is 76.8 Å². The normalized spacial score (nSPS) is 15.3. The summed E-state index contributed by atoms with van der Waals surface area (Å²) >= 11 is 1.53. The summed E-state index contributed by atoms with van der Waals surface area (Å²) in [6, 6.07) is 18.9. The van der Waals surface area contributed by atoms with Gasteiger partial charge in [0.25, 0.3) is 0 Å². The van der Waals surface area contributed by atoms with Gasteiger partial charge in [0, 0.05) is 49.9 Å². The fourth-order valence-corrected chi connectivity index (χ4v) is 6.27. The maximum absolute atomic E-state index is 13.2. The van der Waals surface area contributed by atoms with E-state index in [-0.39, 0.29) is 9.92 Å². The van der Waals surface area contributed by atoms with Crippen molar-refractivity contribution >= 4 is 37.3 Å². The van der Waals surface area contributed by atoms with E-state index in [9.17, 15) is 8.42 Å². The lowest BCUT2D eigenvalue weighted by atomic mass is 10.2. The Kier molecular flexibility index (Phi) is 5.67. The molecule has 5 rings (SSSR count). The smallest absolute Gasteiger partial charge is 0.224 e. The van der Waals surface area contributed by atoms with E-state index in [1.54, 1.807) is 24.4 Å². The number of aromatic nitrogens is 2. The van der Waals surface area contributed by atoms with Gasteiger partial charge in [-0.05, 0) is 48.8 Å². The Morgan fingerprint density at radius 1 is 0.938 bits per heavy atom. The minimum atomic E-state index is -3.66. The molecular weight excluding hydrogens is 440 g/mol. The standard InChI is InChI=1S/C24H24N4O2S2/c1-18-8-10-20(11-9-18)32(29,30)24-19(5-4-12-25-24)17-27-13-15-28(16-14-27)23-21-6-2-3-7-22(21)31-26-23/h2-12H,13-17H2,1H3. The molecule has 0 bridgehead atoms. The molecule has 1 fully saturated rings. The molecule has 6 nitrogen and oxygen atoms in total. The second-order valence-corrected chi connectivity index (χ2v) is 10.7. The van der Waals surface area contributed by atoms with Gasteiger partial charge in [-0.15, -0.1) is 0 Å². The molecule has 0 amide bonds. The minimum absolute atomic E-state index is 0.150. The van der Waals surface area contributed by atoms with Gasteiger partial charge in [-0.25, -0.2) is 13.4 Å². The van der Waals surface area contributed by atoms with Crippen LogP contribution in [-0.4, -0.2) is 48.9 Å². The van der Waals surface area contributed by atoms with Crippen molar-refractivity contribution in [3.63, 3.8) is 0 Å². The summed E-state index contributed by atoms with van der Waals surface area (Å²) in [5, 5.41) is 1.35. The van der Waals surface area contributed by atoms with Gasteiger partial charge in [0.05, 0.1) is 9.60 Å². The molecule has 0 radical (unpaired) electrons. The van der Waals surface area contributed by atoms with Crippen LogP contribution in [0, 0.1) is 6.92 Å². The third kappa shape index (κ3) is 4.01. The van der Waals surface area contributed by atoms with E-state index >= 15 is 0 Å². The quantitative estimate of drug-likeness (QED) is 0.442. The van der Waals surface area contributed by atoms with Crippen LogP contribution in [0.5, 0.6) is 0 Å². The molecule has 0 saturated carbocycles. The van der Waals surface area contributed by atoms with Gasteiger partial charge in [0.2, 0.25) is 9.84 Å². The fraction of sp³-hybridized carbons (Fsp3) is 0.250. The molecule has 2 aromatic carbocycles. The van der Waals surface area contributed by atoms with Crippen molar-refractivity contribution in [1.82, 2.24) is 14.3 Å². The van der Waals surface area contributed by atoms with E-state index in [4.69, 9.17) is 0 Å². The number of aryl methyl sites for hydroxylation is 1. The Morgan fingerprint density at radius 2 is 1.69 bits per heavy atom. The van der Waals surface area contributed by atoms with Crippen molar-refractivity contribution in [2.45, 2.75) is 23.4 Å². The summed E-state index contributed by atoms with van der Waals surface area (Å²) in [7, 11) is -3.66. The lowest BCUT2D eigenvalue weighted by molar-refractivity contribution is 0.247. The van der Waals surface area contributed by atoms with Crippen molar-refractivity contribution in [3.8, 4) is 0 Å². The van der Waals surface area contributed by atoms with Crippen molar-refractivity contribution < 1.29 is 8.42 Å². The topological polar surface area (TPSA) is 66.4 Å². The molecule has 1 aliphatic heterocycles. The second-order valence-electron chi connectivity index (χ2n) is 8.05. The van der Waals surface area contributed by atoms with Crippen LogP contribution < -0.4 is 4.90 Å². The van der Waals surface area contributed by atoms with Crippen molar-refractivity contribution in [3.05, 3.63) is 78.0 Å². The highest BCUT2D eigenvalue weighted by Gasteiger charge is 2.26. The molecule has 2 aromatic heterocycles. The number of fused-ring (bicyclic) bond motifs is 1. The number of hydrogen-bond acceptors (Lipinski definition) is 7. The molecule has 1 saturated heterocycles. The lowest BCUT2D eigenvalue weighted by Crippen LogP contribution is -2.46. The number of rotatable bonds is 5. The fourth-order valence-electron chi connectivity index (χ4n) is 4.07. The molecular formula is C24H24N4O2S2. The Hall–Kier alpha value is -2.81. The average Bonchev–Trinajstić information content (AvgIpc) is 3.24. The summed E-state index contributed by atoms with van der Waals surface area (Å²) in [5.41, 5.74) is 1.76. The number of nitrogens with zero attached hydrogens (tertiary/aromatic N) is 4. The van der Waals surface area contributed by atoms with Crippen LogP contribution in [0.2, 0.25) is 0 Å². The maximum Gasteiger partial charge on any atom is 0.224 e. The Labute approximate surface area is 192 Å². The molecule has 0 spiro atoms. The van der Waals surface area contributed by atoms with E-state index in [0.29, 0.717) is 6.54 Å². The predicted octanol–water partition coefficient (Wildman–Crippen LogP) is 4.15. The third-order valence-electron chi connectivity index (χ3n) is 5.86. The summed E-state index contributed by atoms with van der Waals surface area (Å²) in [5.74, 6) is 1.05. The van der Waals surface area contributed by atoms with E-state index in [2.05, 4.69) is 37.4 Å². The molecule has 0 atom stereocenters. The lowest BCUT2D eigenvalue weighted by Gasteiger charge is -2.35. The van der Waals surface area contributed by atoms with Gasteiger partial charge in [0.15, 0.2) is 5.03 Å². The van der Waals surface area contributed by atoms with Crippen LogP contribution in [0.4, 0.5) is 5.82 Å². The molecule has 164 valence electrons. The Bertz CT molecular complexity index is 1340. The first-order valence-corrected chi connectivity index (χ1v) is 12.9. The molecule has 0 N–H and O–H groups in total. The average molecular weight is 465 g/mol. The molecule has 4 aromatic rings. The van der Waals surface area contributed by atoms with Gasteiger partial charge in [0.1, 0.15) is 5.82 Å². The monoisotopic (exact) mass is 464 g/mol. The minimum Gasteiger partial charge on any atom is -0.353 e. The molecule has 32 heavy (non-hydrogen) atoms. The highest BCUT2D eigenvalue weighted by Crippen LogP contribution is 2.30. The van der Waals surface area contributed by atoms with Gasteiger partial charge < -0.3 is 4.90 Å². The van der Waals surface area contributed by atoms with Crippen LogP contribution in [0.1, 0.15) is 11.1 Å². The molecule has 8 heteroatoms. The first-order chi connectivity index (χ1) is 15.5. The van der Waals surface area contributed by atoms with Crippen LogP contribution in [-0.2, 0) is 16.4 Å².